The lowest BCUT2D eigenvalue weighted by atomic mass is 9.70. The van der Waals surface area contributed by atoms with Gasteiger partial charge in [-0.05, 0) is 67.1 Å². The number of hydrogen-bond donors (Lipinski definition) is 3. The molecule has 1 unspecified atom stereocenters. The normalized spacial score (nSPS) is 19.7. The summed E-state index contributed by atoms with van der Waals surface area (Å²) in [5, 5.41) is 6.89. The number of ketones is 1. The molecule has 8 rings (SSSR count). The van der Waals surface area contributed by atoms with Crippen LogP contribution in [0.2, 0.25) is 0 Å². The summed E-state index contributed by atoms with van der Waals surface area (Å²) in [6, 6.07) is 17.1. The molecule has 2 fully saturated rings. The van der Waals surface area contributed by atoms with Gasteiger partial charge in [0.15, 0.2) is 5.78 Å². The maximum atomic E-state index is 14.0. The molecular weight excluding hydrogens is 703 g/mol. The van der Waals surface area contributed by atoms with Crippen molar-refractivity contribution in [3.63, 3.8) is 0 Å². The molecule has 280 valence electrons. The van der Waals surface area contributed by atoms with E-state index in [-0.39, 0.29) is 29.6 Å². The summed E-state index contributed by atoms with van der Waals surface area (Å²) >= 11 is 1.45. The zero-order valence-electron chi connectivity index (χ0n) is 30.9. The fourth-order valence-corrected chi connectivity index (χ4v) is 9.55. The summed E-state index contributed by atoms with van der Waals surface area (Å²) in [5.41, 5.74) is 7.40. The largest absolute Gasteiger partial charge is 0.379 e. The standard InChI is InChI=1S/C42H45N5O6S/c1-4-24-22-28-29(42(2,3)38-36(37(28)49)26-8-5-6-10-30(26)44-38)23-32(24)46-17-14-25(15-18-46)43-16-19-53-20-21-54-33-11-7-9-27-35(33)41(52)47(40(27)51)31-12-13-34(48)45-39(31)50/h5-11,22-23,25,31,43-44H,4,12-21H2,1-3H3,(H,45,48,50). The van der Waals surface area contributed by atoms with Gasteiger partial charge in [-0.1, -0.05) is 45.0 Å². The number of aryl methyl sites for hydroxylation is 1. The lowest BCUT2D eigenvalue weighted by molar-refractivity contribution is -0.136. The van der Waals surface area contributed by atoms with Gasteiger partial charge >= 0.3 is 0 Å². The summed E-state index contributed by atoms with van der Waals surface area (Å²) in [7, 11) is 0. The number of piperidine rings is 2. The highest BCUT2D eigenvalue weighted by Crippen LogP contribution is 2.46. The van der Waals surface area contributed by atoms with Gasteiger partial charge in [-0.3, -0.25) is 34.2 Å². The van der Waals surface area contributed by atoms with E-state index in [1.54, 1.807) is 12.1 Å². The van der Waals surface area contributed by atoms with E-state index >= 15 is 0 Å². The highest BCUT2D eigenvalue weighted by molar-refractivity contribution is 7.99. The summed E-state index contributed by atoms with van der Waals surface area (Å²) in [6.45, 7) is 10.2. The maximum Gasteiger partial charge on any atom is 0.263 e. The van der Waals surface area contributed by atoms with Crippen LogP contribution in [-0.4, -0.2) is 90.0 Å². The Morgan fingerprint density at radius 2 is 1.70 bits per heavy atom. The Labute approximate surface area is 318 Å². The van der Waals surface area contributed by atoms with Gasteiger partial charge in [0.1, 0.15) is 6.04 Å². The van der Waals surface area contributed by atoms with Crippen LogP contribution in [0.5, 0.6) is 0 Å². The van der Waals surface area contributed by atoms with Crippen molar-refractivity contribution in [1.82, 2.24) is 20.5 Å². The molecule has 4 heterocycles. The number of nitrogens with one attached hydrogen (secondary N) is 3. The fraction of sp³-hybridized carbons (Fsp3) is 0.405. The third-order valence-corrected chi connectivity index (χ3v) is 12.5. The molecule has 3 aliphatic heterocycles. The van der Waals surface area contributed by atoms with Crippen LogP contribution in [0, 0.1) is 0 Å². The minimum atomic E-state index is -0.983. The van der Waals surface area contributed by atoms with Gasteiger partial charge in [0.05, 0.1) is 29.9 Å². The SMILES string of the molecule is CCc1cc2c(cc1N1CCC(NCCOCCSc3cccc4c3C(=O)N(C3CCC(=O)NC3=O)C4=O)CC1)C(C)(C)c1[nH]c3ccccc3c1C2=O. The van der Waals surface area contributed by atoms with Crippen molar-refractivity contribution in [2.45, 2.75) is 75.3 Å². The molecule has 0 saturated carbocycles. The maximum absolute atomic E-state index is 14.0. The number of thioether (sulfide) groups is 1. The molecular formula is C42H45N5O6S. The zero-order chi connectivity index (χ0) is 37.7. The average Bonchev–Trinajstić information content (AvgIpc) is 3.69. The van der Waals surface area contributed by atoms with Crippen LogP contribution >= 0.6 is 11.8 Å². The van der Waals surface area contributed by atoms with E-state index in [2.05, 4.69) is 53.4 Å². The monoisotopic (exact) mass is 747 g/mol. The van der Waals surface area contributed by atoms with Gasteiger partial charge in [-0.25, -0.2) is 0 Å². The molecule has 3 N–H and O–H groups in total. The first-order valence-corrected chi connectivity index (χ1v) is 19.9. The molecule has 2 saturated heterocycles. The number of aromatic nitrogens is 1. The Balaban J connectivity index is 0.818. The molecule has 1 aromatic heterocycles. The van der Waals surface area contributed by atoms with E-state index in [1.807, 2.05) is 30.3 Å². The summed E-state index contributed by atoms with van der Waals surface area (Å²) in [4.78, 5) is 72.2. The van der Waals surface area contributed by atoms with Crippen molar-refractivity contribution in [3.05, 3.63) is 93.7 Å². The van der Waals surface area contributed by atoms with E-state index in [0.717, 1.165) is 77.1 Å². The Morgan fingerprint density at radius 3 is 2.48 bits per heavy atom. The molecule has 54 heavy (non-hydrogen) atoms. The number of amides is 4. The van der Waals surface area contributed by atoms with Crippen molar-refractivity contribution in [2.24, 2.45) is 0 Å². The molecule has 11 nitrogen and oxygen atoms in total. The van der Waals surface area contributed by atoms with Crippen molar-refractivity contribution in [2.75, 3.05) is 43.5 Å². The number of nitrogens with zero attached hydrogens (tertiary/aromatic N) is 2. The second kappa shape index (κ2) is 14.5. The molecule has 4 amide bonds. The average molecular weight is 748 g/mol. The number of fused-ring (bicyclic) bond motifs is 5. The lowest BCUT2D eigenvalue weighted by Crippen LogP contribution is -2.54. The van der Waals surface area contributed by atoms with Crippen LogP contribution in [0.4, 0.5) is 5.69 Å². The molecule has 3 aromatic carbocycles. The summed E-state index contributed by atoms with van der Waals surface area (Å²) in [5.74, 6) is -1.31. The Hall–Kier alpha value is -4.78. The third kappa shape index (κ3) is 6.23. The van der Waals surface area contributed by atoms with Crippen LogP contribution in [0.15, 0.2) is 59.5 Å². The fourth-order valence-electron chi connectivity index (χ4n) is 8.61. The Morgan fingerprint density at radius 1 is 0.907 bits per heavy atom. The van der Waals surface area contributed by atoms with Gasteiger partial charge in [0.25, 0.3) is 11.8 Å². The highest BCUT2D eigenvalue weighted by atomic mass is 32.2. The second-order valence-corrected chi connectivity index (χ2v) is 16.2. The van der Waals surface area contributed by atoms with E-state index in [1.165, 1.54) is 23.0 Å². The number of benzene rings is 3. The van der Waals surface area contributed by atoms with Gasteiger partial charge in [0.2, 0.25) is 11.8 Å². The molecule has 0 spiro atoms. The van der Waals surface area contributed by atoms with E-state index < -0.39 is 29.7 Å². The number of para-hydroxylation sites is 1. The summed E-state index contributed by atoms with van der Waals surface area (Å²) < 4.78 is 5.93. The van der Waals surface area contributed by atoms with Crippen LogP contribution in [0.25, 0.3) is 10.9 Å². The number of ether oxygens (including phenoxy) is 1. The topological polar surface area (TPSA) is 141 Å². The van der Waals surface area contributed by atoms with E-state index in [9.17, 15) is 24.0 Å². The van der Waals surface area contributed by atoms with Gasteiger partial charge < -0.3 is 19.9 Å². The van der Waals surface area contributed by atoms with Gasteiger partial charge in [0, 0.05) is 76.0 Å². The smallest absolute Gasteiger partial charge is 0.263 e. The lowest BCUT2D eigenvalue weighted by Gasteiger charge is -2.38. The Bertz CT molecular complexity index is 2200. The predicted molar refractivity (Wildman–Crippen MR) is 208 cm³/mol. The van der Waals surface area contributed by atoms with Crippen molar-refractivity contribution in [3.8, 4) is 0 Å². The first-order chi connectivity index (χ1) is 26.1. The number of rotatable bonds is 11. The first-order valence-electron chi connectivity index (χ1n) is 18.9. The van der Waals surface area contributed by atoms with Crippen molar-refractivity contribution < 1.29 is 28.7 Å². The summed E-state index contributed by atoms with van der Waals surface area (Å²) in [6.07, 6.45) is 3.08. The number of imide groups is 2. The predicted octanol–water partition coefficient (Wildman–Crippen LogP) is 5.37. The van der Waals surface area contributed by atoms with E-state index in [4.69, 9.17) is 4.74 Å². The molecule has 12 heteroatoms. The molecule has 4 aliphatic rings. The van der Waals surface area contributed by atoms with Crippen molar-refractivity contribution >= 4 is 57.8 Å². The van der Waals surface area contributed by atoms with Gasteiger partial charge in [-0.2, -0.15) is 0 Å². The van der Waals surface area contributed by atoms with Crippen LogP contribution in [0.3, 0.4) is 0 Å². The van der Waals surface area contributed by atoms with Crippen LogP contribution in [0.1, 0.15) is 99.9 Å². The molecule has 0 bridgehead atoms. The van der Waals surface area contributed by atoms with Crippen LogP contribution in [-0.2, 0) is 26.2 Å². The van der Waals surface area contributed by atoms with Gasteiger partial charge in [-0.15, -0.1) is 11.8 Å². The van der Waals surface area contributed by atoms with Crippen LogP contribution < -0.4 is 15.5 Å². The number of aromatic amines is 1. The Kier molecular flexibility index (Phi) is 9.70. The van der Waals surface area contributed by atoms with Crippen molar-refractivity contribution in [1.29, 1.82) is 0 Å². The first kappa shape index (κ1) is 36.2. The minimum absolute atomic E-state index is 0.0860. The number of carbonyl (C=O) groups is 5. The minimum Gasteiger partial charge on any atom is -0.379 e. The zero-order valence-corrected chi connectivity index (χ0v) is 31.7. The molecule has 0 radical (unpaired) electrons. The number of anilines is 1. The molecule has 1 atom stereocenters. The molecule has 4 aromatic rings. The number of H-pyrrole nitrogens is 1. The highest BCUT2D eigenvalue weighted by Gasteiger charge is 2.46. The quantitative estimate of drug-likeness (QED) is 0.105. The third-order valence-electron chi connectivity index (χ3n) is 11.5. The second-order valence-electron chi connectivity index (χ2n) is 15.1. The number of hydrogen-bond acceptors (Lipinski definition) is 9. The van der Waals surface area contributed by atoms with E-state index in [0.29, 0.717) is 35.5 Å². The number of carbonyl (C=O) groups excluding carboxylic acids is 5. The molecule has 1 aliphatic carbocycles.